The van der Waals surface area contributed by atoms with Crippen LogP contribution in [-0.4, -0.2) is 35.1 Å². The summed E-state index contributed by atoms with van der Waals surface area (Å²) in [6.07, 6.45) is 2.15. The van der Waals surface area contributed by atoms with Crippen LogP contribution in [0, 0.1) is 0 Å². The molecule has 2 aromatic carbocycles. The van der Waals surface area contributed by atoms with Crippen molar-refractivity contribution >= 4 is 27.7 Å². The van der Waals surface area contributed by atoms with Gasteiger partial charge in [0.1, 0.15) is 5.69 Å². The van der Waals surface area contributed by atoms with Gasteiger partial charge in [-0.15, -0.1) is 0 Å². The summed E-state index contributed by atoms with van der Waals surface area (Å²) in [5.41, 5.74) is 4.18. The fourth-order valence-corrected chi connectivity index (χ4v) is 3.87. The number of nitrogens with one attached hydrogen (secondary N) is 2. The van der Waals surface area contributed by atoms with Gasteiger partial charge in [-0.05, 0) is 25.0 Å². The molecule has 1 amide bonds. The molecule has 1 atom stereocenters. The molecule has 0 aliphatic carbocycles. The molecule has 0 radical (unpaired) electrons. The summed E-state index contributed by atoms with van der Waals surface area (Å²) in [5.74, 6) is -0.167. The number of rotatable bonds is 4. The Morgan fingerprint density at radius 3 is 2.75 bits per heavy atom. The lowest BCUT2D eigenvalue weighted by molar-refractivity contribution is 0.0854. The van der Waals surface area contributed by atoms with E-state index in [0.29, 0.717) is 12.2 Å². The summed E-state index contributed by atoms with van der Waals surface area (Å²) in [5, 5.41) is 5.08. The number of amides is 1. The van der Waals surface area contributed by atoms with E-state index in [0.717, 1.165) is 52.5 Å². The first-order chi connectivity index (χ1) is 13.8. The lowest BCUT2D eigenvalue weighted by atomic mass is 10.1. The Labute approximate surface area is 162 Å². The maximum atomic E-state index is 12.8. The summed E-state index contributed by atoms with van der Waals surface area (Å²) in [4.78, 5) is 21.0. The summed E-state index contributed by atoms with van der Waals surface area (Å²) in [6.45, 7) is 1.30. The van der Waals surface area contributed by atoms with E-state index in [-0.39, 0.29) is 12.0 Å². The third kappa shape index (κ3) is 3.04. The average Bonchev–Trinajstić information content (AvgIpc) is 3.39. The van der Waals surface area contributed by atoms with E-state index in [1.54, 1.807) is 0 Å². The van der Waals surface area contributed by atoms with Crippen LogP contribution in [0.1, 0.15) is 23.3 Å². The predicted molar refractivity (Wildman–Crippen MR) is 110 cm³/mol. The standard InChI is InChI=1S/C23H21N3O2/c27-23(24-14-16-9-6-12-28-16)20-13-18-17-10-4-5-11-19(17)25-22(18)21(26-20)15-7-2-1-3-8-15/h1-5,7-8,10-11,13,16,25H,6,9,12,14H2,(H,24,27). The van der Waals surface area contributed by atoms with Crippen molar-refractivity contribution in [1.29, 1.82) is 0 Å². The first-order valence-corrected chi connectivity index (χ1v) is 9.66. The van der Waals surface area contributed by atoms with Gasteiger partial charge >= 0.3 is 0 Å². The molecule has 1 aliphatic rings. The number of para-hydroxylation sites is 1. The minimum Gasteiger partial charge on any atom is -0.376 e. The van der Waals surface area contributed by atoms with Gasteiger partial charge in [0.15, 0.2) is 0 Å². The summed E-state index contributed by atoms with van der Waals surface area (Å²) in [6, 6.07) is 20.0. The number of aromatic amines is 1. The largest absolute Gasteiger partial charge is 0.376 e. The number of pyridine rings is 1. The van der Waals surface area contributed by atoms with Crippen molar-refractivity contribution in [3.8, 4) is 11.3 Å². The molecule has 5 nitrogen and oxygen atoms in total. The molecule has 2 aromatic heterocycles. The van der Waals surface area contributed by atoms with Crippen LogP contribution in [0.5, 0.6) is 0 Å². The van der Waals surface area contributed by atoms with Crippen molar-refractivity contribution in [1.82, 2.24) is 15.3 Å². The van der Waals surface area contributed by atoms with Gasteiger partial charge in [0.2, 0.25) is 0 Å². The number of carbonyl (C=O) groups excluding carboxylic acids is 1. The lowest BCUT2D eigenvalue weighted by Crippen LogP contribution is -2.32. The zero-order valence-corrected chi connectivity index (χ0v) is 15.4. The smallest absolute Gasteiger partial charge is 0.270 e. The predicted octanol–water partition coefficient (Wildman–Crippen LogP) is 4.29. The molecular formula is C23H21N3O2. The topological polar surface area (TPSA) is 67.0 Å². The molecule has 4 aromatic rings. The van der Waals surface area contributed by atoms with Crippen LogP contribution in [0.2, 0.25) is 0 Å². The number of hydrogen-bond donors (Lipinski definition) is 2. The molecule has 3 heterocycles. The number of H-pyrrole nitrogens is 1. The van der Waals surface area contributed by atoms with Crippen molar-refractivity contribution in [3.05, 3.63) is 66.4 Å². The van der Waals surface area contributed by atoms with E-state index in [2.05, 4.69) is 16.4 Å². The van der Waals surface area contributed by atoms with E-state index in [9.17, 15) is 4.79 Å². The minimum atomic E-state index is -0.167. The van der Waals surface area contributed by atoms with E-state index in [1.807, 2.05) is 54.6 Å². The van der Waals surface area contributed by atoms with Crippen molar-refractivity contribution in [2.24, 2.45) is 0 Å². The molecule has 1 unspecified atom stereocenters. The Morgan fingerprint density at radius 1 is 1.11 bits per heavy atom. The number of ether oxygens (including phenoxy) is 1. The first kappa shape index (κ1) is 17.0. The second kappa shape index (κ2) is 7.09. The van der Waals surface area contributed by atoms with Gasteiger partial charge in [-0.1, -0.05) is 48.5 Å². The van der Waals surface area contributed by atoms with Crippen molar-refractivity contribution in [3.63, 3.8) is 0 Å². The average molecular weight is 371 g/mol. The Kier molecular flexibility index (Phi) is 4.29. The van der Waals surface area contributed by atoms with Crippen molar-refractivity contribution < 1.29 is 9.53 Å². The van der Waals surface area contributed by atoms with Gasteiger partial charge in [-0.3, -0.25) is 4.79 Å². The third-order valence-electron chi connectivity index (χ3n) is 5.29. The van der Waals surface area contributed by atoms with Crippen LogP contribution in [0.25, 0.3) is 33.1 Å². The van der Waals surface area contributed by atoms with Gasteiger partial charge in [0.25, 0.3) is 5.91 Å². The van der Waals surface area contributed by atoms with E-state index >= 15 is 0 Å². The number of nitrogens with zero attached hydrogens (tertiary/aromatic N) is 1. The molecule has 2 N–H and O–H groups in total. The monoisotopic (exact) mass is 371 g/mol. The van der Waals surface area contributed by atoms with E-state index in [4.69, 9.17) is 9.72 Å². The highest BCUT2D eigenvalue weighted by Crippen LogP contribution is 2.32. The molecule has 1 fully saturated rings. The highest BCUT2D eigenvalue weighted by Gasteiger charge is 2.19. The Morgan fingerprint density at radius 2 is 1.93 bits per heavy atom. The summed E-state index contributed by atoms with van der Waals surface area (Å²) >= 11 is 0. The molecule has 0 spiro atoms. The Balaban J connectivity index is 1.61. The lowest BCUT2D eigenvalue weighted by Gasteiger charge is -2.11. The fraction of sp³-hybridized carbons (Fsp3) is 0.217. The molecule has 1 aliphatic heterocycles. The molecule has 140 valence electrons. The maximum absolute atomic E-state index is 12.8. The van der Waals surface area contributed by atoms with Gasteiger partial charge in [-0.2, -0.15) is 0 Å². The number of aromatic nitrogens is 2. The Hall–Kier alpha value is -3.18. The molecular weight excluding hydrogens is 350 g/mol. The quantitative estimate of drug-likeness (QED) is 0.562. The molecule has 0 bridgehead atoms. The normalized spacial score (nSPS) is 16.6. The minimum absolute atomic E-state index is 0.106. The molecule has 28 heavy (non-hydrogen) atoms. The number of benzene rings is 2. The van der Waals surface area contributed by atoms with Gasteiger partial charge < -0.3 is 15.0 Å². The van der Waals surface area contributed by atoms with Crippen LogP contribution in [0.4, 0.5) is 0 Å². The number of hydrogen-bond acceptors (Lipinski definition) is 3. The maximum Gasteiger partial charge on any atom is 0.270 e. The van der Waals surface area contributed by atoms with Crippen molar-refractivity contribution in [2.45, 2.75) is 18.9 Å². The van der Waals surface area contributed by atoms with Crippen LogP contribution < -0.4 is 5.32 Å². The molecule has 1 saturated heterocycles. The zero-order valence-electron chi connectivity index (χ0n) is 15.4. The second-order valence-electron chi connectivity index (χ2n) is 7.16. The fourth-order valence-electron chi connectivity index (χ4n) is 3.87. The molecule has 0 saturated carbocycles. The van der Waals surface area contributed by atoms with E-state index in [1.165, 1.54) is 0 Å². The van der Waals surface area contributed by atoms with Crippen LogP contribution >= 0.6 is 0 Å². The zero-order chi connectivity index (χ0) is 18.9. The first-order valence-electron chi connectivity index (χ1n) is 9.66. The highest BCUT2D eigenvalue weighted by molar-refractivity contribution is 6.13. The Bertz CT molecular complexity index is 1140. The van der Waals surface area contributed by atoms with E-state index < -0.39 is 0 Å². The van der Waals surface area contributed by atoms with Crippen molar-refractivity contribution in [2.75, 3.05) is 13.2 Å². The number of fused-ring (bicyclic) bond motifs is 3. The van der Waals surface area contributed by atoms with Gasteiger partial charge in [0.05, 0.1) is 17.3 Å². The van der Waals surface area contributed by atoms with Crippen LogP contribution in [0.15, 0.2) is 60.7 Å². The SMILES string of the molecule is O=C(NCC1CCCO1)c1cc2c([nH]c3ccccc32)c(-c2ccccc2)n1. The van der Waals surface area contributed by atoms with Gasteiger partial charge in [-0.25, -0.2) is 4.98 Å². The second-order valence-corrected chi connectivity index (χ2v) is 7.16. The molecule has 5 rings (SSSR count). The number of carbonyl (C=O) groups is 1. The third-order valence-corrected chi connectivity index (χ3v) is 5.29. The van der Waals surface area contributed by atoms with Crippen LogP contribution in [-0.2, 0) is 4.74 Å². The molecule has 5 heteroatoms. The summed E-state index contributed by atoms with van der Waals surface area (Å²) in [7, 11) is 0. The van der Waals surface area contributed by atoms with Gasteiger partial charge in [0, 0.05) is 35.0 Å². The summed E-state index contributed by atoms with van der Waals surface area (Å²) < 4.78 is 5.61. The van der Waals surface area contributed by atoms with Crippen LogP contribution in [0.3, 0.4) is 0 Å². The highest BCUT2D eigenvalue weighted by atomic mass is 16.5.